The number of hydrogen-bond donors (Lipinski definition) is 5. The van der Waals surface area contributed by atoms with Crippen molar-refractivity contribution in [3.63, 3.8) is 0 Å². The summed E-state index contributed by atoms with van der Waals surface area (Å²) in [7, 11) is 0. The molecule has 0 saturated carbocycles. The van der Waals surface area contributed by atoms with E-state index in [9.17, 15) is 29.7 Å². The molecular weight excluding hydrogens is 446 g/mol. The highest BCUT2D eigenvalue weighted by atomic mass is 16.7. The first-order chi connectivity index (χ1) is 16.3. The molecule has 2 fully saturated rings. The number of likely N-dealkylation sites (tertiary alicyclic amines) is 1. The average Bonchev–Trinajstić information content (AvgIpc) is 2.83. The summed E-state index contributed by atoms with van der Waals surface area (Å²) in [5.74, 6) is -0.301. The van der Waals surface area contributed by atoms with Gasteiger partial charge in [0.05, 0.1) is 13.2 Å². The average molecular weight is 488 g/mol. The smallest absolute Gasteiger partial charge is 0.222 e. The van der Waals surface area contributed by atoms with Crippen LogP contribution in [0.2, 0.25) is 0 Å². The number of nitrogens with zero attached hydrogens (tertiary/aromatic N) is 1. The molecular formula is C23H41N3O8. The maximum atomic E-state index is 12.1. The highest BCUT2D eigenvalue weighted by Gasteiger charge is 2.45. The van der Waals surface area contributed by atoms with E-state index in [1.54, 1.807) is 0 Å². The maximum absolute atomic E-state index is 12.1. The van der Waals surface area contributed by atoms with Crippen LogP contribution in [0.15, 0.2) is 0 Å². The third kappa shape index (κ3) is 9.46. The standard InChI is InChI=1S/C23H41N3O8/c1-16(28)25-20-22(32)21(31)17(15-27)34-23(20)33-14-8-9-18(29)24-11-5-2-4-10-19(30)26-12-6-3-7-13-26/h17,20-23,27,31-32H,2-15H2,1H3,(H,24,29)(H,25,28). The Labute approximate surface area is 201 Å². The molecule has 3 amide bonds. The molecule has 0 aromatic rings. The summed E-state index contributed by atoms with van der Waals surface area (Å²) in [5, 5.41) is 34.9. The molecule has 5 unspecified atom stereocenters. The van der Waals surface area contributed by atoms with Crippen molar-refractivity contribution in [1.29, 1.82) is 0 Å². The summed E-state index contributed by atoms with van der Waals surface area (Å²) in [6.07, 6.45) is 2.29. The van der Waals surface area contributed by atoms with Crippen molar-refractivity contribution in [3.8, 4) is 0 Å². The second-order valence-electron chi connectivity index (χ2n) is 9.01. The molecule has 2 saturated heterocycles. The van der Waals surface area contributed by atoms with Gasteiger partial charge in [-0.05, 0) is 38.5 Å². The Morgan fingerprint density at radius 1 is 1.00 bits per heavy atom. The number of unbranched alkanes of at least 4 members (excludes halogenated alkanes) is 2. The monoisotopic (exact) mass is 487 g/mol. The number of aliphatic hydroxyl groups excluding tert-OH is 3. The van der Waals surface area contributed by atoms with Gasteiger partial charge in [0.25, 0.3) is 0 Å². The highest BCUT2D eigenvalue weighted by molar-refractivity contribution is 5.76. The lowest BCUT2D eigenvalue weighted by Crippen LogP contribution is -2.64. The summed E-state index contributed by atoms with van der Waals surface area (Å²) < 4.78 is 11.1. The Balaban J connectivity index is 1.56. The van der Waals surface area contributed by atoms with Crippen LogP contribution < -0.4 is 10.6 Å². The van der Waals surface area contributed by atoms with Crippen LogP contribution in [0.25, 0.3) is 0 Å². The topological polar surface area (TPSA) is 158 Å². The van der Waals surface area contributed by atoms with E-state index >= 15 is 0 Å². The van der Waals surface area contributed by atoms with E-state index in [4.69, 9.17) is 9.47 Å². The van der Waals surface area contributed by atoms with Crippen LogP contribution in [0, 0.1) is 0 Å². The van der Waals surface area contributed by atoms with Crippen LogP contribution in [0.4, 0.5) is 0 Å². The third-order valence-electron chi connectivity index (χ3n) is 6.18. The molecule has 11 nitrogen and oxygen atoms in total. The molecule has 0 spiro atoms. The van der Waals surface area contributed by atoms with Gasteiger partial charge in [-0.2, -0.15) is 0 Å². The highest BCUT2D eigenvalue weighted by Crippen LogP contribution is 2.22. The largest absolute Gasteiger partial charge is 0.394 e. The molecule has 5 atom stereocenters. The first-order valence-corrected chi connectivity index (χ1v) is 12.4. The second kappa shape index (κ2) is 15.3. The minimum Gasteiger partial charge on any atom is -0.394 e. The van der Waals surface area contributed by atoms with Crippen LogP contribution in [0.5, 0.6) is 0 Å². The molecule has 2 aliphatic heterocycles. The van der Waals surface area contributed by atoms with Gasteiger partial charge in [0.15, 0.2) is 6.29 Å². The molecule has 2 heterocycles. The van der Waals surface area contributed by atoms with Gasteiger partial charge >= 0.3 is 0 Å². The Kier molecular flexibility index (Phi) is 12.8. The van der Waals surface area contributed by atoms with Crippen LogP contribution >= 0.6 is 0 Å². The summed E-state index contributed by atoms with van der Waals surface area (Å²) in [6.45, 7) is 3.20. The molecule has 196 valence electrons. The quantitative estimate of drug-likeness (QED) is 0.216. The van der Waals surface area contributed by atoms with Gasteiger partial charge in [0, 0.05) is 39.4 Å². The van der Waals surface area contributed by atoms with Crippen molar-refractivity contribution in [2.45, 2.75) is 95.4 Å². The first-order valence-electron chi connectivity index (χ1n) is 12.4. The number of hydrogen-bond acceptors (Lipinski definition) is 8. The molecule has 11 heteroatoms. The Hall–Kier alpha value is -1.79. The lowest BCUT2D eigenvalue weighted by Gasteiger charge is -2.42. The van der Waals surface area contributed by atoms with Crippen LogP contribution in [-0.2, 0) is 23.9 Å². The predicted molar refractivity (Wildman–Crippen MR) is 122 cm³/mol. The molecule has 34 heavy (non-hydrogen) atoms. The van der Waals surface area contributed by atoms with Crippen molar-refractivity contribution in [1.82, 2.24) is 15.5 Å². The number of amides is 3. The van der Waals surface area contributed by atoms with Gasteiger partial charge < -0.3 is 40.3 Å². The molecule has 0 bridgehead atoms. The fourth-order valence-corrected chi connectivity index (χ4v) is 4.24. The number of rotatable bonds is 13. The zero-order valence-electron chi connectivity index (χ0n) is 20.1. The van der Waals surface area contributed by atoms with Gasteiger partial charge in [-0.3, -0.25) is 14.4 Å². The molecule has 5 N–H and O–H groups in total. The molecule has 2 rings (SSSR count). The van der Waals surface area contributed by atoms with Crippen LogP contribution in [0.3, 0.4) is 0 Å². The number of aliphatic hydroxyl groups is 3. The van der Waals surface area contributed by atoms with Crippen molar-refractivity contribution < 1.29 is 39.2 Å². The SMILES string of the molecule is CC(=O)NC1C(OCCCC(=O)NCCCCCC(=O)N2CCCCC2)OC(CO)C(O)C1O. The molecule has 0 aromatic heterocycles. The minimum atomic E-state index is -1.37. The van der Waals surface area contributed by atoms with Gasteiger partial charge in [-0.1, -0.05) is 6.42 Å². The van der Waals surface area contributed by atoms with Crippen molar-refractivity contribution >= 4 is 17.7 Å². The maximum Gasteiger partial charge on any atom is 0.222 e. The fourth-order valence-electron chi connectivity index (χ4n) is 4.24. The van der Waals surface area contributed by atoms with Crippen LogP contribution in [-0.4, -0.2) is 101 Å². The van der Waals surface area contributed by atoms with E-state index < -0.39 is 43.2 Å². The summed E-state index contributed by atoms with van der Waals surface area (Å²) in [5.41, 5.74) is 0. The number of piperidine rings is 1. The van der Waals surface area contributed by atoms with Gasteiger partial charge in [0.2, 0.25) is 17.7 Å². The van der Waals surface area contributed by atoms with E-state index in [1.165, 1.54) is 13.3 Å². The zero-order chi connectivity index (χ0) is 24.9. The Morgan fingerprint density at radius 2 is 1.74 bits per heavy atom. The van der Waals surface area contributed by atoms with E-state index in [0.29, 0.717) is 19.4 Å². The summed E-state index contributed by atoms with van der Waals surface area (Å²) >= 11 is 0. The van der Waals surface area contributed by atoms with Crippen molar-refractivity contribution in [3.05, 3.63) is 0 Å². The molecule has 0 radical (unpaired) electrons. The number of nitrogens with one attached hydrogen (secondary N) is 2. The second-order valence-corrected chi connectivity index (χ2v) is 9.01. The van der Waals surface area contributed by atoms with Crippen LogP contribution in [0.1, 0.15) is 64.7 Å². The minimum absolute atomic E-state index is 0.111. The van der Waals surface area contributed by atoms with Gasteiger partial charge in [-0.15, -0.1) is 0 Å². The summed E-state index contributed by atoms with van der Waals surface area (Å²) in [4.78, 5) is 37.5. The zero-order valence-corrected chi connectivity index (χ0v) is 20.1. The number of carbonyl (C=O) groups excluding carboxylic acids is 3. The van der Waals surface area contributed by atoms with E-state index in [1.807, 2.05) is 4.90 Å². The van der Waals surface area contributed by atoms with Gasteiger partial charge in [-0.25, -0.2) is 0 Å². The Morgan fingerprint density at radius 3 is 2.41 bits per heavy atom. The van der Waals surface area contributed by atoms with E-state index in [0.717, 1.165) is 45.2 Å². The lowest BCUT2D eigenvalue weighted by atomic mass is 9.97. The van der Waals surface area contributed by atoms with E-state index in [2.05, 4.69) is 10.6 Å². The first kappa shape index (κ1) is 28.4. The molecule has 0 aliphatic carbocycles. The number of ether oxygens (including phenoxy) is 2. The van der Waals surface area contributed by atoms with E-state index in [-0.39, 0.29) is 24.8 Å². The Bertz CT molecular complexity index is 644. The summed E-state index contributed by atoms with van der Waals surface area (Å²) in [6, 6.07) is -0.995. The predicted octanol–water partition coefficient (Wildman–Crippen LogP) is -0.584. The van der Waals surface area contributed by atoms with Crippen molar-refractivity contribution in [2.75, 3.05) is 32.8 Å². The lowest BCUT2D eigenvalue weighted by molar-refractivity contribution is -0.270. The normalized spacial score (nSPS) is 27.3. The van der Waals surface area contributed by atoms with Gasteiger partial charge in [0.1, 0.15) is 24.4 Å². The third-order valence-corrected chi connectivity index (χ3v) is 6.18. The number of carbonyl (C=O) groups is 3. The van der Waals surface area contributed by atoms with Crippen molar-refractivity contribution in [2.24, 2.45) is 0 Å². The molecule has 0 aromatic carbocycles. The fraction of sp³-hybridized carbons (Fsp3) is 0.870. The molecule has 2 aliphatic rings.